The second-order valence-corrected chi connectivity index (χ2v) is 2.61. The lowest BCUT2D eigenvalue weighted by Gasteiger charge is -2.11. The van der Waals surface area contributed by atoms with Gasteiger partial charge in [0.05, 0.1) is 0 Å². The van der Waals surface area contributed by atoms with Gasteiger partial charge in [-0.1, -0.05) is 6.08 Å². The lowest BCUT2D eigenvalue weighted by Crippen LogP contribution is -2.44. The summed E-state index contributed by atoms with van der Waals surface area (Å²) in [6.45, 7) is 5.52. The van der Waals surface area contributed by atoms with Gasteiger partial charge in [-0.3, -0.25) is 4.79 Å². The third kappa shape index (κ3) is 4.68. The van der Waals surface area contributed by atoms with Crippen LogP contribution in [0.4, 0.5) is 0 Å². The normalized spacial score (nSPS) is 11.4. The van der Waals surface area contributed by atoms with Crippen molar-refractivity contribution in [1.29, 1.82) is 0 Å². The SMILES string of the molecule is C=CCNC(=S)N[C@@H](C)C(=O)O. The fraction of sp³-hybridized carbons (Fsp3) is 0.429. The van der Waals surface area contributed by atoms with Gasteiger partial charge in [0.25, 0.3) is 0 Å². The molecule has 1 atom stereocenters. The van der Waals surface area contributed by atoms with E-state index in [0.717, 1.165) is 0 Å². The fourth-order valence-corrected chi connectivity index (χ4v) is 0.734. The first-order chi connectivity index (χ1) is 5.57. The summed E-state index contributed by atoms with van der Waals surface area (Å²) in [4.78, 5) is 10.3. The molecule has 0 radical (unpaired) electrons. The Bertz CT molecular complexity index is 194. The van der Waals surface area contributed by atoms with Gasteiger partial charge in [0.1, 0.15) is 6.04 Å². The zero-order valence-electron chi connectivity index (χ0n) is 6.83. The van der Waals surface area contributed by atoms with E-state index in [-0.39, 0.29) is 0 Å². The quantitative estimate of drug-likeness (QED) is 0.432. The number of aliphatic carboxylic acids is 1. The van der Waals surface area contributed by atoms with Crippen LogP contribution in [-0.2, 0) is 4.79 Å². The molecule has 5 heteroatoms. The minimum Gasteiger partial charge on any atom is -0.480 e. The van der Waals surface area contributed by atoms with E-state index in [0.29, 0.717) is 11.7 Å². The third-order valence-electron chi connectivity index (χ3n) is 1.12. The molecule has 0 bridgehead atoms. The maximum atomic E-state index is 10.3. The molecule has 68 valence electrons. The van der Waals surface area contributed by atoms with Gasteiger partial charge in [-0.25, -0.2) is 0 Å². The van der Waals surface area contributed by atoms with Crippen molar-refractivity contribution in [3.05, 3.63) is 12.7 Å². The molecule has 4 nitrogen and oxygen atoms in total. The van der Waals surface area contributed by atoms with Crippen LogP contribution in [0.3, 0.4) is 0 Å². The standard InChI is InChI=1S/C7H12N2O2S/c1-3-4-8-7(12)9-5(2)6(10)11/h3,5H,1,4H2,2H3,(H,10,11)(H2,8,9,12)/t5-/m0/s1. The Labute approximate surface area is 76.7 Å². The van der Waals surface area contributed by atoms with Crippen molar-refractivity contribution in [3.63, 3.8) is 0 Å². The Kier molecular flexibility index (Phi) is 5.03. The van der Waals surface area contributed by atoms with Crippen molar-refractivity contribution in [2.45, 2.75) is 13.0 Å². The summed E-state index contributed by atoms with van der Waals surface area (Å²) < 4.78 is 0. The summed E-state index contributed by atoms with van der Waals surface area (Å²) in [6, 6.07) is -0.671. The van der Waals surface area contributed by atoms with E-state index >= 15 is 0 Å². The Morgan fingerprint density at radius 2 is 2.42 bits per heavy atom. The highest BCUT2D eigenvalue weighted by atomic mass is 32.1. The van der Waals surface area contributed by atoms with Crippen molar-refractivity contribution in [2.75, 3.05) is 6.54 Å². The fourth-order valence-electron chi connectivity index (χ4n) is 0.474. The van der Waals surface area contributed by atoms with Crippen LogP contribution in [0, 0.1) is 0 Å². The highest BCUT2D eigenvalue weighted by molar-refractivity contribution is 7.80. The summed E-state index contributed by atoms with van der Waals surface area (Å²) in [5.41, 5.74) is 0. The van der Waals surface area contributed by atoms with E-state index in [1.807, 2.05) is 0 Å². The number of hydrogen-bond donors (Lipinski definition) is 3. The average Bonchev–Trinajstić information content (AvgIpc) is 2.00. The predicted octanol–water partition coefficient (Wildman–Crippen LogP) is 0.110. The van der Waals surface area contributed by atoms with Crippen molar-refractivity contribution < 1.29 is 9.90 Å². The van der Waals surface area contributed by atoms with Gasteiger partial charge in [-0.05, 0) is 19.1 Å². The van der Waals surface area contributed by atoms with E-state index in [9.17, 15) is 4.79 Å². The van der Waals surface area contributed by atoms with Gasteiger partial charge in [0.2, 0.25) is 0 Å². The molecule has 0 aromatic carbocycles. The van der Waals surface area contributed by atoms with Crippen molar-refractivity contribution in [3.8, 4) is 0 Å². The Balaban J connectivity index is 3.68. The number of carbonyl (C=O) groups is 1. The second-order valence-electron chi connectivity index (χ2n) is 2.20. The second kappa shape index (κ2) is 5.54. The van der Waals surface area contributed by atoms with Gasteiger partial charge in [-0.15, -0.1) is 6.58 Å². The largest absolute Gasteiger partial charge is 0.480 e. The molecule has 0 saturated heterocycles. The van der Waals surface area contributed by atoms with Crippen LogP contribution in [0.15, 0.2) is 12.7 Å². The highest BCUT2D eigenvalue weighted by Gasteiger charge is 2.10. The summed E-state index contributed by atoms with van der Waals surface area (Å²) >= 11 is 4.78. The molecular formula is C7H12N2O2S. The number of hydrogen-bond acceptors (Lipinski definition) is 2. The number of thiocarbonyl (C=S) groups is 1. The first-order valence-corrected chi connectivity index (χ1v) is 3.86. The van der Waals surface area contributed by atoms with E-state index in [1.54, 1.807) is 6.08 Å². The van der Waals surface area contributed by atoms with Crippen LogP contribution in [-0.4, -0.2) is 28.8 Å². The summed E-state index contributed by atoms with van der Waals surface area (Å²) in [6.07, 6.45) is 1.64. The molecule has 12 heavy (non-hydrogen) atoms. The van der Waals surface area contributed by atoms with Gasteiger partial charge < -0.3 is 15.7 Å². The number of rotatable bonds is 4. The van der Waals surface area contributed by atoms with Gasteiger partial charge in [-0.2, -0.15) is 0 Å². The molecule has 3 N–H and O–H groups in total. The third-order valence-corrected chi connectivity index (χ3v) is 1.39. The van der Waals surface area contributed by atoms with Crippen LogP contribution in [0.5, 0.6) is 0 Å². The zero-order chi connectivity index (χ0) is 9.56. The number of carboxylic acids is 1. The molecule has 0 unspecified atom stereocenters. The lowest BCUT2D eigenvalue weighted by atomic mass is 10.3. The van der Waals surface area contributed by atoms with Gasteiger partial charge in [0, 0.05) is 6.54 Å². The molecule has 0 rings (SSSR count). The van der Waals surface area contributed by atoms with Crippen LogP contribution >= 0.6 is 12.2 Å². The van der Waals surface area contributed by atoms with E-state index in [2.05, 4.69) is 17.2 Å². The maximum absolute atomic E-state index is 10.3. The Hall–Kier alpha value is -1.10. The average molecular weight is 188 g/mol. The molecular weight excluding hydrogens is 176 g/mol. The highest BCUT2D eigenvalue weighted by Crippen LogP contribution is 1.80. The predicted molar refractivity (Wildman–Crippen MR) is 51.0 cm³/mol. The Morgan fingerprint density at radius 3 is 2.83 bits per heavy atom. The molecule has 0 amide bonds. The molecule has 0 aliphatic heterocycles. The van der Waals surface area contributed by atoms with Crippen molar-refractivity contribution in [1.82, 2.24) is 10.6 Å². The minimum absolute atomic E-state index is 0.324. The Morgan fingerprint density at radius 1 is 1.83 bits per heavy atom. The minimum atomic E-state index is -0.933. The molecule has 0 spiro atoms. The monoisotopic (exact) mass is 188 g/mol. The molecule has 0 aromatic heterocycles. The van der Waals surface area contributed by atoms with Crippen LogP contribution in [0.25, 0.3) is 0 Å². The van der Waals surface area contributed by atoms with Gasteiger partial charge >= 0.3 is 5.97 Å². The smallest absolute Gasteiger partial charge is 0.325 e. The number of carboxylic acid groups (broad SMARTS) is 1. The summed E-state index contributed by atoms with van der Waals surface area (Å²) in [5, 5.41) is 14.2. The molecule has 0 aromatic rings. The zero-order valence-corrected chi connectivity index (χ0v) is 7.65. The summed E-state index contributed by atoms with van der Waals surface area (Å²) in [7, 11) is 0. The van der Waals surface area contributed by atoms with Crippen LogP contribution in [0.1, 0.15) is 6.92 Å². The van der Waals surface area contributed by atoms with E-state index in [4.69, 9.17) is 17.3 Å². The first kappa shape index (κ1) is 10.9. The van der Waals surface area contributed by atoms with E-state index in [1.165, 1.54) is 6.92 Å². The first-order valence-electron chi connectivity index (χ1n) is 3.46. The maximum Gasteiger partial charge on any atom is 0.325 e. The topological polar surface area (TPSA) is 61.4 Å². The molecule has 0 aliphatic rings. The molecule has 0 saturated carbocycles. The lowest BCUT2D eigenvalue weighted by molar-refractivity contribution is -0.138. The molecule has 0 aliphatic carbocycles. The van der Waals surface area contributed by atoms with E-state index < -0.39 is 12.0 Å². The molecule has 0 heterocycles. The van der Waals surface area contributed by atoms with Crippen molar-refractivity contribution in [2.24, 2.45) is 0 Å². The summed E-state index contributed by atoms with van der Waals surface area (Å²) in [5.74, 6) is -0.933. The van der Waals surface area contributed by atoms with Gasteiger partial charge in [0.15, 0.2) is 5.11 Å². The molecule has 0 fully saturated rings. The van der Waals surface area contributed by atoms with Crippen LogP contribution in [0.2, 0.25) is 0 Å². The number of nitrogens with one attached hydrogen (secondary N) is 2. The van der Waals surface area contributed by atoms with Crippen molar-refractivity contribution >= 4 is 23.3 Å². The van der Waals surface area contributed by atoms with Crippen LogP contribution < -0.4 is 10.6 Å².